The number of anilines is 1. The zero-order chi connectivity index (χ0) is 15.0. The Morgan fingerprint density at radius 2 is 1.75 bits per heavy atom. The van der Waals surface area contributed by atoms with E-state index < -0.39 is 15.6 Å². The second kappa shape index (κ2) is 8.19. The van der Waals surface area contributed by atoms with E-state index in [2.05, 4.69) is 12.2 Å². The Kier molecular flexibility index (Phi) is 6.91. The Morgan fingerprint density at radius 1 is 1.10 bits per heavy atom. The number of halogens is 2. The lowest BCUT2D eigenvalue weighted by Gasteiger charge is -2.12. The molecule has 6 heteroatoms. The Hall–Kier alpha value is -1.17. The summed E-state index contributed by atoms with van der Waals surface area (Å²) in [5, 5.41) is 2.94. The third-order valence-electron chi connectivity index (χ3n) is 3.02. The number of benzene rings is 1. The molecule has 0 aliphatic carbocycles. The summed E-state index contributed by atoms with van der Waals surface area (Å²) in [7, 11) is -4.55. The maximum Gasteiger partial charge on any atom is 0.341 e. The summed E-state index contributed by atoms with van der Waals surface area (Å²) in [5.74, 6) is -3.39. The van der Waals surface area contributed by atoms with Crippen LogP contribution in [0.15, 0.2) is 29.2 Å². The van der Waals surface area contributed by atoms with Crippen molar-refractivity contribution >= 4 is 15.5 Å². The zero-order valence-electron chi connectivity index (χ0n) is 11.6. The maximum atomic E-state index is 12.6. The van der Waals surface area contributed by atoms with Crippen molar-refractivity contribution in [3.8, 4) is 0 Å². The van der Waals surface area contributed by atoms with Gasteiger partial charge in [-0.2, -0.15) is 8.78 Å². The van der Waals surface area contributed by atoms with Crippen LogP contribution in [0.5, 0.6) is 0 Å². The quantitative estimate of drug-likeness (QED) is 0.700. The number of para-hydroxylation sites is 1. The minimum Gasteiger partial charge on any atom is -0.384 e. The van der Waals surface area contributed by atoms with Gasteiger partial charge in [0.15, 0.2) is 0 Å². The van der Waals surface area contributed by atoms with Crippen molar-refractivity contribution < 1.29 is 17.2 Å². The Balaban J connectivity index is 2.63. The standard InChI is InChI=1S/C14H21F2NO2S/c1-2-3-4-5-8-11-17-12-9-6-7-10-13(12)20(18,19)14(15)16/h6-7,9-10,14,17H,2-5,8,11H2,1H3. The molecule has 0 saturated heterocycles. The lowest BCUT2D eigenvalue weighted by atomic mass is 10.1. The second-order valence-electron chi connectivity index (χ2n) is 4.64. The molecule has 1 N–H and O–H groups in total. The number of nitrogens with one attached hydrogen (secondary N) is 1. The van der Waals surface area contributed by atoms with Gasteiger partial charge in [-0.1, -0.05) is 44.7 Å². The fraction of sp³-hybridized carbons (Fsp3) is 0.571. The van der Waals surface area contributed by atoms with Crippen LogP contribution in [0.1, 0.15) is 39.0 Å². The van der Waals surface area contributed by atoms with Crippen molar-refractivity contribution in [3.63, 3.8) is 0 Å². The van der Waals surface area contributed by atoms with Gasteiger partial charge in [0.2, 0.25) is 9.84 Å². The van der Waals surface area contributed by atoms with Gasteiger partial charge >= 0.3 is 5.76 Å². The Labute approximate surface area is 119 Å². The smallest absolute Gasteiger partial charge is 0.341 e. The predicted octanol–water partition coefficient (Wildman–Crippen LogP) is 4.07. The molecule has 0 atom stereocenters. The summed E-state index contributed by atoms with van der Waals surface area (Å²) in [5.41, 5.74) is 0.253. The lowest BCUT2D eigenvalue weighted by molar-refractivity contribution is 0.235. The average molecular weight is 305 g/mol. The van der Waals surface area contributed by atoms with Gasteiger partial charge in [-0.3, -0.25) is 0 Å². The van der Waals surface area contributed by atoms with E-state index in [-0.39, 0.29) is 10.6 Å². The molecule has 0 saturated carbocycles. The molecule has 0 radical (unpaired) electrons. The topological polar surface area (TPSA) is 46.2 Å². The van der Waals surface area contributed by atoms with Crippen molar-refractivity contribution in [2.45, 2.75) is 49.7 Å². The van der Waals surface area contributed by atoms with Crippen molar-refractivity contribution in [3.05, 3.63) is 24.3 Å². The first kappa shape index (κ1) is 16.9. The van der Waals surface area contributed by atoms with Crippen LogP contribution in [-0.2, 0) is 9.84 Å². The number of rotatable bonds is 9. The normalized spacial score (nSPS) is 11.8. The summed E-state index contributed by atoms with van der Waals surface area (Å²) in [6.07, 6.45) is 5.40. The fourth-order valence-corrected chi connectivity index (χ4v) is 2.82. The third-order valence-corrected chi connectivity index (χ3v) is 4.46. The minimum absolute atomic E-state index is 0.253. The van der Waals surface area contributed by atoms with Crippen LogP contribution in [0.2, 0.25) is 0 Å². The highest BCUT2D eigenvalue weighted by Crippen LogP contribution is 2.26. The molecule has 0 heterocycles. The van der Waals surface area contributed by atoms with E-state index in [1.165, 1.54) is 24.6 Å². The SMILES string of the molecule is CCCCCCCNc1ccccc1S(=O)(=O)C(F)F. The van der Waals surface area contributed by atoms with Crippen LogP contribution >= 0.6 is 0 Å². The summed E-state index contributed by atoms with van der Waals surface area (Å²) in [6, 6.07) is 5.80. The van der Waals surface area contributed by atoms with Crippen molar-refractivity contribution in [1.82, 2.24) is 0 Å². The van der Waals surface area contributed by atoms with Crippen molar-refractivity contribution in [2.75, 3.05) is 11.9 Å². The molecule has 0 aromatic heterocycles. The number of sulfone groups is 1. The van der Waals surface area contributed by atoms with Gasteiger partial charge in [0.1, 0.15) is 0 Å². The first-order valence-corrected chi connectivity index (χ1v) is 8.39. The molecule has 1 rings (SSSR count). The number of unbranched alkanes of at least 4 members (excludes halogenated alkanes) is 4. The van der Waals surface area contributed by atoms with Gasteiger partial charge in [0, 0.05) is 6.54 Å². The molecule has 0 aliphatic rings. The molecular formula is C14H21F2NO2S. The monoisotopic (exact) mass is 305 g/mol. The Bertz CT molecular complexity index is 504. The maximum absolute atomic E-state index is 12.6. The van der Waals surface area contributed by atoms with Crippen molar-refractivity contribution in [2.24, 2.45) is 0 Å². The third kappa shape index (κ3) is 4.74. The molecule has 20 heavy (non-hydrogen) atoms. The zero-order valence-corrected chi connectivity index (χ0v) is 12.4. The van der Waals surface area contributed by atoms with Gasteiger partial charge in [0.05, 0.1) is 10.6 Å². The second-order valence-corrected chi connectivity index (χ2v) is 6.53. The molecule has 1 aromatic rings. The predicted molar refractivity (Wildman–Crippen MR) is 76.9 cm³/mol. The molecule has 3 nitrogen and oxygen atoms in total. The highest BCUT2D eigenvalue weighted by Gasteiger charge is 2.28. The van der Waals surface area contributed by atoms with E-state index >= 15 is 0 Å². The summed E-state index contributed by atoms with van der Waals surface area (Å²) >= 11 is 0. The molecule has 1 aromatic carbocycles. The van der Waals surface area contributed by atoms with E-state index in [0.29, 0.717) is 6.54 Å². The molecule has 0 amide bonds. The molecular weight excluding hydrogens is 284 g/mol. The van der Waals surface area contributed by atoms with Crippen LogP contribution in [0.25, 0.3) is 0 Å². The van der Waals surface area contributed by atoms with Crippen LogP contribution in [0.4, 0.5) is 14.5 Å². The van der Waals surface area contributed by atoms with E-state index in [0.717, 1.165) is 25.7 Å². The highest BCUT2D eigenvalue weighted by atomic mass is 32.2. The number of hydrogen-bond donors (Lipinski definition) is 1. The molecule has 0 fully saturated rings. The average Bonchev–Trinajstić information content (AvgIpc) is 2.43. The minimum atomic E-state index is -4.55. The first-order chi connectivity index (χ1) is 9.50. The van der Waals surface area contributed by atoms with E-state index in [4.69, 9.17) is 0 Å². The van der Waals surface area contributed by atoms with Gasteiger partial charge in [0.25, 0.3) is 0 Å². The van der Waals surface area contributed by atoms with E-state index in [1.54, 1.807) is 6.07 Å². The molecule has 0 bridgehead atoms. The molecule has 0 unspecified atom stereocenters. The van der Waals surface area contributed by atoms with Gasteiger partial charge in [-0.25, -0.2) is 8.42 Å². The fourth-order valence-electron chi connectivity index (χ4n) is 1.91. The van der Waals surface area contributed by atoms with E-state index in [1.807, 2.05) is 0 Å². The number of hydrogen-bond acceptors (Lipinski definition) is 3. The van der Waals surface area contributed by atoms with Gasteiger partial charge in [-0.15, -0.1) is 0 Å². The lowest BCUT2D eigenvalue weighted by Crippen LogP contribution is -2.14. The number of alkyl halides is 2. The Morgan fingerprint density at radius 3 is 2.40 bits per heavy atom. The highest BCUT2D eigenvalue weighted by molar-refractivity contribution is 7.91. The molecule has 0 aliphatic heterocycles. The van der Waals surface area contributed by atoms with Crippen LogP contribution in [0.3, 0.4) is 0 Å². The largest absolute Gasteiger partial charge is 0.384 e. The molecule has 114 valence electrons. The van der Waals surface area contributed by atoms with Gasteiger partial charge < -0.3 is 5.32 Å². The van der Waals surface area contributed by atoms with Gasteiger partial charge in [-0.05, 0) is 18.6 Å². The van der Waals surface area contributed by atoms with Crippen molar-refractivity contribution in [1.29, 1.82) is 0 Å². The first-order valence-electron chi connectivity index (χ1n) is 6.85. The van der Waals surface area contributed by atoms with Crippen LogP contribution in [-0.4, -0.2) is 20.7 Å². The van der Waals surface area contributed by atoms with Crippen LogP contribution < -0.4 is 5.32 Å². The van der Waals surface area contributed by atoms with Crippen LogP contribution in [0, 0.1) is 0 Å². The molecule has 0 spiro atoms. The summed E-state index contributed by atoms with van der Waals surface area (Å²) in [6.45, 7) is 2.71. The summed E-state index contributed by atoms with van der Waals surface area (Å²) in [4.78, 5) is -0.330. The summed E-state index contributed by atoms with van der Waals surface area (Å²) < 4.78 is 48.3. The van der Waals surface area contributed by atoms with E-state index in [9.17, 15) is 17.2 Å².